The van der Waals surface area contributed by atoms with Gasteiger partial charge in [0.25, 0.3) is 0 Å². The number of benzene rings is 1. The van der Waals surface area contributed by atoms with Crippen LogP contribution in [-0.4, -0.2) is 16.3 Å². The topological polar surface area (TPSA) is 29.9 Å². The van der Waals surface area contributed by atoms with E-state index in [-0.39, 0.29) is 0 Å². The highest BCUT2D eigenvalue weighted by atomic mass is 35.5. The number of anilines is 1. The van der Waals surface area contributed by atoms with E-state index < -0.39 is 0 Å². The van der Waals surface area contributed by atoms with Crippen LogP contribution in [0.1, 0.15) is 23.5 Å². The number of aromatic nitrogens is 2. The zero-order valence-corrected chi connectivity index (χ0v) is 10.4. The molecule has 1 atom stereocenters. The van der Waals surface area contributed by atoms with Gasteiger partial charge < -0.3 is 5.32 Å². The average molecular weight is 248 g/mol. The van der Waals surface area contributed by atoms with Crippen molar-refractivity contribution >= 4 is 17.3 Å². The van der Waals surface area contributed by atoms with Gasteiger partial charge in [-0.1, -0.05) is 17.7 Å². The van der Waals surface area contributed by atoms with Gasteiger partial charge >= 0.3 is 0 Å². The van der Waals surface area contributed by atoms with Crippen LogP contribution in [0.4, 0.5) is 5.69 Å². The monoisotopic (exact) mass is 247 g/mol. The van der Waals surface area contributed by atoms with Crippen LogP contribution in [0.25, 0.3) is 0 Å². The highest BCUT2D eigenvalue weighted by molar-refractivity contribution is 6.30. The molecule has 0 radical (unpaired) electrons. The molecule has 2 heterocycles. The fourth-order valence-corrected chi connectivity index (χ4v) is 2.63. The first-order valence-corrected chi connectivity index (χ1v) is 6.14. The lowest BCUT2D eigenvalue weighted by atomic mass is 9.87. The number of nitrogens with one attached hydrogen (secondary N) is 1. The van der Waals surface area contributed by atoms with Crippen molar-refractivity contribution in [1.82, 2.24) is 9.78 Å². The van der Waals surface area contributed by atoms with Crippen LogP contribution in [0.5, 0.6) is 0 Å². The minimum atomic E-state index is 0.428. The molecular formula is C13H14ClN3. The van der Waals surface area contributed by atoms with E-state index in [1.165, 1.54) is 11.1 Å². The molecule has 0 saturated carbocycles. The molecule has 3 rings (SSSR count). The minimum absolute atomic E-state index is 0.428. The van der Waals surface area contributed by atoms with E-state index in [9.17, 15) is 0 Å². The molecule has 1 aliphatic heterocycles. The van der Waals surface area contributed by atoms with Gasteiger partial charge in [0.05, 0.1) is 6.20 Å². The summed E-state index contributed by atoms with van der Waals surface area (Å²) in [5.74, 6) is 0.428. The van der Waals surface area contributed by atoms with Crippen molar-refractivity contribution in [2.24, 2.45) is 7.05 Å². The number of nitrogens with zero attached hydrogens (tertiary/aromatic N) is 2. The Hall–Kier alpha value is -1.48. The Morgan fingerprint density at radius 1 is 1.47 bits per heavy atom. The average Bonchev–Trinajstić information content (AvgIpc) is 2.74. The van der Waals surface area contributed by atoms with Gasteiger partial charge in [0.2, 0.25) is 0 Å². The molecule has 0 fully saturated rings. The quantitative estimate of drug-likeness (QED) is 0.840. The predicted octanol–water partition coefficient (Wildman–Crippen LogP) is 3.02. The molecule has 2 aromatic rings. The number of halogens is 1. The molecule has 1 unspecified atom stereocenters. The largest absolute Gasteiger partial charge is 0.385 e. The van der Waals surface area contributed by atoms with Crippen LogP contribution in [0.2, 0.25) is 5.02 Å². The van der Waals surface area contributed by atoms with Crippen LogP contribution < -0.4 is 5.32 Å². The van der Waals surface area contributed by atoms with Gasteiger partial charge in [-0.3, -0.25) is 4.68 Å². The van der Waals surface area contributed by atoms with Gasteiger partial charge in [-0.15, -0.1) is 0 Å². The predicted molar refractivity (Wildman–Crippen MR) is 69.6 cm³/mol. The Kier molecular flexibility index (Phi) is 2.56. The van der Waals surface area contributed by atoms with E-state index in [4.69, 9.17) is 11.6 Å². The second-order valence-corrected chi connectivity index (χ2v) is 4.88. The highest BCUT2D eigenvalue weighted by Gasteiger charge is 2.22. The van der Waals surface area contributed by atoms with Crippen molar-refractivity contribution in [2.75, 3.05) is 11.9 Å². The molecule has 0 amide bonds. The SMILES string of the molecule is Cn1cc(C2CCNc3cc(Cl)ccc32)cn1. The Bertz CT molecular complexity index is 547. The summed E-state index contributed by atoms with van der Waals surface area (Å²) < 4.78 is 1.85. The summed E-state index contributed by atoms with van der Waals surface area (Å²) >= 11 is 6.02. The maximum absolute atomic E-state index is 6.02. The van der Waals surface area contributed by atoms with Gasteiger partial charge in [-0.25, -0.2) is 0 Å². The number of aryl methyl sites for hydroxylation is 1. The summed E-state index contributed by atoms with van der Waals surface area (Å²) in [6, 6.07) is 6.07. The normalized spacial score (nSPS) is 18.6. The first-order chi connectivity index (χ1) is 8.24. The Morgan fingerprint density at radius 3 is 3.12 bits per heavy atom. The summed E-state index contributed by atoms with van der Waals surface area (Å²) in [6.45, 7) is 0.979. The highest BCUT2D eigenvalue weighted by Crippen LogP contribution is 2.37. The van der Waals surface area contributed by atoms with Crippen molar-refractivity contribution in [3.63, 3.8) is 0 Å². The zero-order chi connectivity index (χ0) is 11.8. The molecule has 0 bridgehead atoms. The van der Waals surface area contributed by atoms with Crippen LogP contribution in [0.15, 0.2) is 30.6 Å². The summed E-state index contributed by atoms with van der Waals surface area (Å²) in [6.07, 6.45) is 5.14. The minimum Gasteiger partial charge on any atom is -0.385 e. The lowest BCUT2D eigenvalue weighted by molar-refractivity contribution is 0.716. The first kappa shape index (κ1) is 10.7. The van der Waals surface area contributed by atoms with Crippen LogP contribution in [0.3, 0.4) is 0 Å². The van der Waals surface area contributed by atoms with E-state index >= 15 is 0 Å². The zero-order valence-electron chi connectivity index (χ0n) is 9.65. The van der Waals surface area contributed by atoms with E-state index in [1.807, 2.05) is 30.1 Å². The molecule has 3 nitrogen and oxygen atoms in total. The maximum atomic E-state index is 6.02. The molecule has 4 heteroatoms. The standard InChI is InChI=1S/C13H14ClN3/c1-17-8-9(7-16-17)11-4-5-15-13-6-10(14)2-3-12(11)13/h2-3,6-8,11,15H,4-5H2,1H3. The molecule has 88 valence electrons. The molecule has 17 heavy (non-hydrogen) atoms. The molecule has 1 aromatic carbocycles. The molecular weight excluding hydrogens is 234 g/mol. The molecule has 1 aromatic heterocycles. The van der Waals surface area contributed by atoms with Crippen LogP contribution in [-0.2, 0) is 7.05 Å². The molecule has 1 aliphatic rings. The van der Waals surface area contributed by atoms with Crippen LogP contribution >= 0.6 is 11.6 Å². The molecule has 1 N–H and O–H groups in total. The lowest BCUT2D eigenvalue weighted by Gasteiger charge is -2.26. The van der Waals surface area contributed by atoms with E-state index in [1.54, 1.807) is 0 Å². The van der Waals surface area contributed by atoms with Crippen molar-refractivity contribution < 1.29 is 0 Å². The van der Waals surface area contributed by atoms with E-state index in [2.05, 4.69) is 22.7 Å². The van der Waals surface area contributed by atoms with Gasteiger partial charge in [-0.2, -0.15) is 5.10 Å². The second-order valence-electron chi connectivity index (χ2n) is 4.45. The fraction of sp³-hybridized carbons (Fsp3) is 0.308. The van der Waals surface area contributed by atoms with Crippen molar-refractivity contribution in [3.05, 3.63) is 46.7 Å². The van der Waals surface area contributed by atoms with Crippen molar-refractivity contribution in [3.8, 4) is 0 Å². The number of fused-ring (bicyclic) bond motifs is 1. The Labute approximate surface area is 105 Å². The maximum Gasteiger partial charge on any atom is 0.0527 e. The molecule has 0 saturated heterocycles. The third kappa shape index (κ3) is 1.91. The van der Waals surface area contributed by atoms with Gasteiger partial charge in [-0.05, 0) is 29.7 Å². The van der Waals surface area contributed by atoms with Gasteiger partial charge in [0, 0.05) is 36.4 Å². The van der Waals surface area contributed by atoms with Crippen molar-refractivity contribution in [1.29, 1.82) is 0 Å². The number of hydrogen-bond acceptors (Lipinski definition) is 2. The van der Waals surface area contributed by atoms with Crippen LogP contribution in [0, 0.1) is 0 Å². The molecule has 0 spiro atoms. The summed E-state index contributed by atoms with van der Waals surface area (Å²) in [7, 11) is 1.95. The Balaban J connectivity index is 2.05. The smallest absolute Gasteiger partial charge is 0.0527 e. The molecule has 0 aliphatic carbocycles. The van der Waals surface area contributed by atoms with Gasteiger partial charge in [0.15, 0.2) is 0 Å². The van der Waals surface area contributed by atoms with E-state index in [0.717, 1.165) is 23.7 Å². The summed E-state index contributed by atoms with van der Waals surface area (Å²) in [5.41, 5.74) is 3.74. The number of hydrogen-bond donors (Lipinski definition) is 1. The third-order valence-corrected chi connectivity index (χ3v) is 3.50. The van der Waals surface area contributed by atoms with Crippen molar-refractivity contribution in [2.45, 2.75) is 12.3 Å². The fourth-order valence-electron chi connectivity index (χ4n) is 2.46. The second kappa shape index (κ2) is 4.08. The number of rotatable bonds is 1. The summed E-state index contributed by atoms with van der Waals surface area (Å²) in [4.78, 5) is 0. The lowest BCUT2D eigenvalue weighted by Crippen LogP contribution is -2.17. The third-order valence-electron chi connectivity index (χ3n) is 3.27. The Morgan fingerprint density at radius 2 is 2.35 bits per heavy atom. The van der Waals surface area contributed by atoms with Gasteiger partial charge in [0.1, 0.15) is 0 Å². The van der Waals surface area contributed by atoms with E-state index in [0.29, 0.717) is 5.92 Å². The first-order valence-electron chi connectivity index (χ1n) is 5.76. The summed E-state index contributed by atoms with van der Waals surface area (Å²) in [5, 5.41) is 8.43.